The number of hydrogen-bond donors (Lipinski definition) is 0. The summed E-state index contributed by atoms with van der Waals surface area (Å²) >= 11 is 0. The Kier molecular flexibility index (Phi) is 7.54. The maximum Gasteiger partial charge on any atom is 0.128 e. The van der Waals surface area contributed by atoms with Crippen molar-refractivity contribution in [2.45, 2.75) is 46.2 Å². The number of hydrogen-bond acceptors (Lipinski definition) is 5. The van der Waals surface area contributed by atoms with Crippen LogP contribution in [0.1, 0.15) is 45.7 Å². The highest BCUT2D eigenvalue weighted by Gasteiger charge is 2.33. The van der Waals surface area contributed by atoms with E-state index in [1.807, 2.05) is 32.0 Å². The molecule has 1 aliphatic rings. The number of benzene rings is 1. The van der Waals surface area contributed by atoms with Crippen LogP contribution in [-0.4, -0.2) is 55.2 Å². The van der Waals surface area contributed by atoms with Gasteiger partial charge in [-0.2, -0.15) is 5.26 Å². The quantitative estimate of drug-likeness (QED) is 0.722. The molecule has 0 aromatic heterocycles. The second-order valence-electron chi connectivity index (χ2n) is 6.29. The lowest BCUT2D eigenvalue weighted by Crippen LogP contribution is -2.53. The van der Waals surface area contributed by atoms with Gasteiger partial charge in [0.15, 0.2) is 0 Å². The Morgan fingerprint density at radius 2 is 1.92 bits per heavy atom. The summed E-state index contributed by atoms with van der Waals surface area (Å²) < 4.78 is 11.4. The lowest BCUT2D eigenvalue weighted by Gasteiger charge is -2.43. The first-order valence-electron chi connectivity index (χ1n) is 9.45. The Labute approximate surface area is 152 Å². The van der Waals surface area contributed by atoms with Crippen molar-refractivity contribution < 1.29 is 9.47 Å². The molecule has 1 heterocycles. The van der Waals surface area contributed by atoms with E-state index in [1.165, 1.54) is 0 Å². The number of nitriles is 1. The minimum absolute atomic E-state index is 0.291. The van der Waals surface area contributed by atoms with Crippen molar-refractivity contribution in [3.63, 3.8) is 0 Å². The maximum absolute atomic E-state index is 9.94. The molecule has 0 aliphatic carbocycles. The highest BCUT2D eigenvalue weighted by molar-refractivity contribution is 5.44. The van der Waals surface area contributed by atoms with Crippen molar-refractivity contribution in [3.8, 4) is 17.6 Å². The largest absolute Gasteiger partial charge is 0.494 e. The minimum atomic E-state index is -0.291. The van der Waals surface area contributed by atoms with Gasteiger partial charge in [0.25, 0.3) is 0 Å². The molecule has 0 bridgehead atoms. The first-order chi connectivity index (χ1) is 12.2. The highest BCUT2D eigenvalue weighted by Crippen LogP contribution is 2.35. The van der Waals surface area contributed by atoms with Crippen LogP contribution in [0.3, 0.4) is 0 Å². The molecule has 0 spiro atoms. The van der Waals surface area contributed by atoms with E-state index in [2.05, 4.69) is 29.7 Å². The molecule has 1 saturated heterocycles. The van der Waals surface area contributed by atoms with Crippen molar-refractivity contribution in [3.05, 3.63) is 23.8 Å². The Hall–Kier alpha value is -1.77. The fourth-order valence-electron chi connectivity index (χ4n) is 3.52. The topological polar surface area (TPSA) is 48.7 Å². The summed E-state index contributed by atoms with van der Waals surface area (Å²) in [5, 5.41) is 9.94. The van der Waals surface area contributed by atoms with Crippen LogP contribution >= 0.6 is 0 Å². The maximum atomic E-state index is 9.94. The van der Waals surface area contributed by atoms with Crippen molar-refractivity contribution in [2.24, 2.45) is 0 Å². The van der Waals surface area contributed by atoms with Gasteiger partial charge in [0.2, 0.25) is 0 Å². The van der Waals surface area contributed by atoms with Gasteiger partial charge in [-0.15, -0.1) is 0 Å². The van der Waals surface area contributed by atoms with Gasteiger partial charge < -0.3 is 14.4 Å². The third-order valence-corrected chi connectivity index (χ3v) is 4.88. The van der Waals surface area contributed by atoms with Gasteiger partial charge in [-0.1, -0.05) is 13.8 Å². The standard InChI is InChI=1S/C20H31N3O2/c1-5-16-15-22(6-2)11-12-23(16)19(14-21)18-10-9-17(24-7-3)13-20(18)25-8-4/h9-10,13,16,19H,5-8,11-12,15H2,1-4H3. The van der Waals surface area contributed by atoms with Crippen LogP contribution in [0.2, 0.25) is 0 Å². The van der Waals surface area contributed by atoms with Crippen LogP contribution in [0.25, 0.3) is 0 Å². The van der Waals surface area contributed by atoms with E-state index in [-0.39, 0.29) is 6.04 Å². The van der Waals surface area contributed by atoms with Crippen molar-refractivity contribution in [1.29, 1.82) is 5.26 Å². The summed E-state index contributed by atoms with van der Waals surface area (Å²) in [6.45, 7) is 13.5. The predicted octanol–water partition coefficient (Wildman–Crippen LogP) is 3.46. The van der Waals surface area contributed by atoms with Crippen LogP contribution in [0.5, 0.6) is 11.5 Å². The van der Waals surface area contributed by atoms with E-state index in [9.17, 15) is 5.26 Å². The molecule has 2 rings (SSSR count). The average molecular weight is 345 g/mol. The monoisotopic (exact) mass is 345 g/mol. The summed E-state index contributed by atoms with van der Waals surface area (Å²) in [5.74, 6) is 1.54. The van der Waals surface area contributed by atoms with Gasteiger partial charge in [0.05, 0.1) is 19.3 Å². The van der Waals surface area contributed by atoms with E-state index in [0.717, 1.165) is 49.7 Å². The van der Waals surface area contributed by atoms with Crippen LogP contribution in [0, 0.1) is 11.3 Å². The normalized spacial score (nSPS) is 20.0. The number of piperazine rings is 1. The summed E-state index contributed by atoms with van der Waals surface area (Å²) in [6, 6.07) is 8.46. The Bertz CT molecular complexity index is 585. The predicted molar refractivity (Wildman–Crippen MR) is 100 cm³/mol. The molecule has 5 nitrogen and oxygen atoms in total. The zero-order chi connectivity index (χ0) is 18.2. The Morgan fingerprint density at radius 1 is 1.16 bits per heavy atom. The molecule has 0 saturated carbocycles. The fraction of sp³-hybridized carbons (Fsp3) is 0.650. The zero-order valence-corrected chi connectivity index (χ0v) is 16.0. The van der Waals surface area contributed by atoms with Crippen LogP contribution in [0.15, 0.2) is 18.2 Å². The number of ether oxygens (including phenoxy) is 2. The summed E-state index contributed by atoms with van der Waals surface area (Å²) in [4.78, 5) is 4.80. The van der Waals surface area contributed by atoms with Gasteiger partial charge >= 0.3 is 0 Å². The second-order valence-corrected chi connectivity index (χ2v) is 6.29. The Balaban J connectivity index is 2.31. The molecular formula is C20H31N3O2. The molecule has 0 radical (unpaired) electrons. The van der Waals surface area contributed by atoms with Crippen LogP contribution in [-0.2, 0) is 0 Å². The fourth-order valence-corrected chi connectivity index (χ4v) is 3.52. The molecule has 1 fully saturated rings. The second kappa shape index (κ2) is 9.65. The molecule has 1 aromatic rings. The van der Waals surface area contributed by atoms with Crippen LogP contribution < -0.4 is 9.47 Å². The van der Waals surface area contributed by atoms with Gasteiger partial charge in [0.1, 0.15) is 17.5 Å². The number of rotatable bonds is 8. The lowest BCUT2D eigenvalue weighted by molar-refractivity contribution is 0.0561. The van der Waals surface area contributed by atoms with Crippen LogP contribution in [0.4, 0.5) is 0 Å². The molecular weight excluding hydrogens is 314 g/mol. The summed E-state index contributed by atoms with van der Waals surface area (Å²) in [7, 11) is 0. The lowest BCUT2D eigenvalue weighted by atomic mass is 9.99. The summed E-state index contributed by atoms with van der Waals surface area (Å²) in [6.07, 6.45) is 1.04. The molecule has 1 aromatic carbocycles. The first kappa shape index (κ1) is 19.6. The third kappa shape index (κ3) is 4.65. The van der Waals surface area contributed by atoms with E-state index >= 15 is 0 Å². The van der Waals surface area contributed by atoms with Crippen molar-refractivity contribution in [2.75, 3.05) is 39.4 Å². The molecule has 2 atom stereocenters. The zero-order valence-electron chi connectivity index (χ0n) is 16.0. The Morgan fingerprint density at radius 3 is 2.52 bits per heavy atom. The highest BCUT2D eigenvalue weighted by atomic mass is 16.5. The molecule has 1 aliphatic heterocycles. The van der Waals surface area contributed by atoms with E-state index in [0.29, 0.717) is 19.3 Å². The number of nitrogens with zero attached hydrogens (tertiary/aromatic N) is 3. The van der Waals surface area contributed by atoms with E-state index < -0.39 is 0 Å². The van der Waals surface area contributed by atoms with Gasteiger partial charge in [-0.25, -0.2) is 0 Å². The van der Waals surface area contributed by atoms with E-state index in [1.54, 1.807) is 0 Å². The molecule has 0 amide bonds. The average Bonchev–Trinajstić information content (AvgIpc) is 2.64. The minimum Gasteiger partial charge on any atom is -0.494 e. The molecule has 5 heteroatoms. The molecule has 138 valence electrons. The molecule has 2 unspecified atom stereocenters. The number of likely N-dealkylation sites (N-methyl/N-ethyl adjacent to an activating group) is 1. The van der Waals surface area contributed by atoms with E-state index in [4.69, 9.17) is 9.47 Å². The smallest absolute Gasteiger partial charge is 0.128 e. The third-order valence-electron chi connectivity index (χ3n) is 4.88. The van der Waals surface area contributed by atoms with Crippen molar-refractivity contribution >= 4 is 0 Å². The molecule has 25 heavy (non-hydrogen) atoms. The SMILES string of the molecule is CCOc1ccc(C(C#N)N2CCN(CC)CC2CC)c(OCC)c1. The van der Waals surface area contributed by atoms with Gasteiger partial charge in [-0.3, -0.25) is 4.90 Å². The van der Waals surface area contributed by atoms with Gasteiger partial charge in [0, 0.05) is 37.3 Å². The first-order valence-corrected chi connectivity index (χ1v) is 9.45. The van der Waals surface area contributed by atoms with Crippen molar-refractivity contribution in [1.82, 2.24) is 9.80 Å². The molecule has 0 N–H and O–H groups in total. The summed E-state index contributed by atoms with van der Waals surface area (Å²) in [5.41, 5.74) is 0.941. The van der Waals surface area contributed by atoms with Gasteiger partial charge in [-0.05, 0) is 38.9 Å².